The van der Waals surface area contributed by atoms with Crippen molar-refractivity contribution in [1.82, 2.24) is 4.57 Å². The van der Waals surface area contributed by atoms with Crippen molar-refractivity contribution < 1.29 is 9.90 Å². The number of aliphatic carboxylic acids is 1. The number of fused-ring (bicyclic) bond motifs is 1. The molecule has 0 spiro atoms. The molecule has 0 aliphatic heterocycles. The molecular formula is C21H21NO2. The molecule has 0 fully saturated rings. The molecule has 0 radical (unpaired) electrons. The van der Waals surface area contributed by atoms with Gasteiger partial charge in [-0.2, -0.15) is 0 Å². The highest BCUT2D eigenvalue weighted by Crippen LogP contribution is 2.30. The van der Waals surface area contributed by atoms with Crippen molar-refractivity contribution in [3.63, 3.8) is 0 Å². The van der Waals surface area contributed by atoms with Crippen LogP contribution in [-0.4, -0.2) is 15.6 Å². The first-order valence-corrected chi connectivity index (χ1v) is 7.95. The zero-order valence-corrected chi connectivity index (χ0v) is 14.4. The van der Waals surface area contributed by atoms with Gasteiger partial charge < -0.3 is 9.67 Å². The van der Waals surface area contributed by atoms with Gasteiger partial charge in [-0.05, 0) is 72.9 Å². The monoisotopic (exact) mass is 319 g/mol. The number of hydrogen-bond acceptors (Lipinski definition) is 1. The summed E-state index contributed by atoms with van der Waals surface area (Å²) in [5.41, 5.74) is 7.09. The van der Waals surface area contributed by atoms with Crippen molar-refractivity contribution in [2.45, 2.75) is 20.8 Å². The van der Waals surface area contributed by atoms with Crippen molar-refractivity contribution in [3.05, 3.63) is 64.9 Å². The predicted octanol–water partition coefficient (Wildman–Crippen LogP) is 4.95. The summed E-state index contributed by atoms with van der Waals surface area (Å²) < 4.78 is 2.11. The van der Waals surface area contributed by atoms with E-state index in [9.17, 15) is 4.79 Å². The van der Waals surface area contributed by atoms with E-state index in [2.05, 4.69) is 54.1 Å². The lowest BCUT2D eigenvalue weighted by Gasteiger charge is -2.11. The van der Waals surface area contributed by atoms with E-state index in [0.29, 0.717) is 5.57 Å². The Bertz CT molecular complexity index is 977. The fourth-order valence-electron chi connectivity index (χ4n) is 3.05. The lowest BCUT2D eigenvalue weighted by atomic mass is 9.93. The van der Waals surface area contributed by atoms with Gasteiger partial charge in [-0.15, -0.1) is 0 Å². The molecule has 0 aliphatic rings. The van der Waals surface area contributed by atoms with Gasteiger partial charge in [-0.1, -0.05) is 18.2 Å². The Morgan fingerprint density at radius 1 is 1.08 bits per heavy atom. The summed E-state index contributed by atoms with van der Waals surface area (Å²) >= 11 is 0. The molecule has 1 N–H and O–H groups in total. The van der Waals surface area contributed by atoms with Crippen LogP contribution in [0.4, 0.5) is 0 Å². The van der Waals surface area contributed by atoms with Crippen molar-refractivity contribution in [3.8, 4) is 11.1 Å². The largest absolute Gasteiger partial charge is 0.478 e. The van der Waals surface area contributed by atoms with E-state index in [1.165, 1.54) is 22.0 Å². The lowest BCUT2D eigenvalue weighted by Crippen LogP contribution is -1.97. The Labute approximate surface area is 141 Å². The van der Waals surface area contributed by atoms with E-state index in [0.717, 1.165) is 16.7 Å². The van der Waals surface area contributed by atoms with E-state index in [1.807, 2.05) is 14.0 Å². The first kappa shape index (κ1) is 16.1. The maximum absolute atomic E-state index is 11.0. The minimum Gasteiger partial charge on any atom is -0.478 e. The van der Waals surface area contributed by atoms with Gasteiger partial charge >= 0.3 is 5.97 Å². The number of hydrogen-bond donors (Lipinski definition) is 1. The molecule has 0 saturated heterocycles. The molecule has 2 aromatic carbocycles. The maximum Gasteiger partial charge on any atom is 0.331 e. The van der Waals surface area contributed by atoms with E-state index in [1.54, 1.807) is 13.0 Å². The average Bonchev–Trinajstić information content (AvgIpc) is 2.91. The third-order valence-corrected chi connectivity index (χ3v) is 4.52. The number of carboxylic acid groups (broad SMARTS) is 1. The number of carboxylic acids is 1. The van der Waals surface area contributed by atoms with E-state index in [-0.39, 0.29) is 0 Å². The minimum atomic E-state index is -0.884. The predicted molar refractivity (Wildman–Crippen MR) is 99.1 cm³/mol. The standard InChI is InChI=1S/C21H21NO2/c1-13-11-19(14(2)9-18(13)10-15(3)21(23)24)16-5-6-20-17(12-16)7-8-22(20)4/h5-12H,1-4H3,(H,23,24). The van der Waals surface area contributed by atoms with E-state index in [4.69, 9.17) is 5.11 Å². The number of aryl methyl sites for hydroxylation is 3. The molecule has 3 nitrogen and oxygen atoms in total. The van der Waals surface area contributed by atoms with Crippen LogP contribution in [0.15, 0.2) is 48.2 Å². The molecule has 122 valence electrons. The first-order chi connectivity index (χ1) is 11.4. The normalized spacial score (nSPS) is 11.9. The van der Waals surface area contributed by atoms with Gasteiger partial charge in [0.05, 0.1) is 0 Å². The molecule has 0 bridgehead atoms. The number of nitrogens with zero attached hydrogens (tertiary/aromatic N) is 1. The maximum atomic E-state index is 11.0. The van der Waals surface area contributed by atoms with E-state index < -0.39 is 5.97 Å². The zero-order valence-electron chi connectivity index (χ0n) is 14.4. The van der Waals surface area contributed by atoms with Crippen LogP contribution in [0, 0.1) is 13.8 Å². The molecule has 24 heavy (non-hydrogen) atoms. The van der Waals surface area contributed by atoms with Gasteiger partial charge in [-0.25, -0.2) is 4.79 Å². The molecule has 3 heteroatoms. The molecular weight excluding hydrogens is 298 g/mol. The Morgan fingerprint density at radius 3 is 2.54 bits per heavy atom. The van der Waals surface area contributed by atoms with Crippen LogP contribution < -0.4 is 0 Å². The van der Waals surface area contributed by atoms with E-state index >= 15 is 0 Å². The lowest BCUT2D eigenvalue weighted by molar-refractivity contribution is -0.132. The number of benzene rings is 2. The fraction of sp³-hybridized carbons (Fsp3) is 0.190. The highest BCUT2D eigenvalue weighted by atomic mass is 16.4. The zero-order chi connectivity index (χ0) is 17.4. The van der Waals surface area contributed by atoms with Gasteiger partial charge in [0.1, 0.15) is 0 Å². The highest BCUT2D eigenvalue weighted by molar-refractivity contribution is 5.92. The molecule has 3 aromatic rings. The number of carbonyl (C=O) groups is 1. The summed E-state index contributed by atoms with van der Waals surface area (Å²) in [7, 11) is 2.04. The van der Waals surface area contributed by atoms with Crippen LogP contribution in [0.5, 0.6) is 0 Å². The smallest absolute Gasteiger partial charge is 0.331 e. The summed E-state index contributed by atoms with van der Waals surface area (Å²) in [6, 6.07) is 12.8. The molecule has 0 unspecified atom stereocenters. The molecule has 0 aliphatic carbocycles. The number of rotatable bonds is 3. The fourth-order valence-corrected chi connectivity index (χ4v) is 3.05. The van der Waals surface area contributed by atoms with Crippen LogP contribution in [0.2, 0.25) is 0 Å². The van der Waals surface area contributed by atoms with Crippen LogP contribution in [-0.2, 0) is 11.8 Å². The van der Waals surface area contributed by atoms with Gasteiger partial charge in [0.25, 0.3) is 0 Å². The highest BCUT2D eigenvalue weighted by Gasteiger charge is 2.09. The Morgan fingerprint density at radius 2 is 1.83 bits per heavy atom. The Kier molecular flexibility index (Phi) is 4.02. The number of aromatic nitrogens is 1. The summed E-state index contributed by atoms with van der Waals surface area (Å²) in [5.74, 6) is -0.884. The van der Waals surface area contributed by atoms with Crippen molar-refractivity contribution >= 4 is 22.9 Å². The summed E-state index contributed by atoms with van der Waals surface area (Å²) in [6.07, 6.45) is 3.80. The molecule has 1 aromatic heterocycles. The molecule has 0 atom stereocenters. The van der Waals surface area contributed by atoms with Crippen molar-refractivity contribution in [2.24, 2.45) is 7.05 Å². The van der Waals surface area contributed by atoms with Gasteiger partial charge in [0.2, 0.25) is 0 Å². The second-order valence-corrected chi connectivity index (χ2v) is 6.36. The third kappa shape index (κ3) is 2.85. The van der Waals surface area contributed by atoms with Gasteiger partial charge in [0.15, 0.2) is 0 Å². The Hall–Kier alpha value is -2.81. The minimum absolute atomic E-state index is 0.343. The van der Waals surface area contributed by atoms with Gasteiger partial charge in [0, 0.05) is 29.7 Å². The molecule has 1 heterocycles. The SMILES string of the molecule is CC(=Cc1cc(C)c(-c2ccc3c(ccn3C)c2)cc1C)C(=O)O. The topological polar surface area (TPSA) is 42.2 Å². The second kappa shape index (κ2) is 6.00. The van der Waals surface area contributed by atoms with Crippen molar-refractivity contribution in [2.75, 3.05) is 0 Å². The average molecular weight is 319 g/mol. The summed E-state index contributed by atoms with van der Waals surface area (Å²) in [4.78, 5) is 11.0. The summed E-state index contributed by atoms with van der Waals surface area (Å²) in [6.45, 7) is 5.71. The second-order valence-electron chi connectivity index (χ2n) is 6.36. The van der Waals surface area contributed by atoms with Crippen LogP contribution in [0.3, 0.4) is 0 Å². The molecule has 0 saturated carbocycles. The molecule has 3 rings (SSSR count). The van der Waals surface area contributed by atoms with Crippen molar-refractivity contribution in [1.29, 1.82) is 0 Å². The molecule has 0 amide bonds. The first-order valence-electron chi connectivity index (χ1n) is 7.95. The van der Waals surface area contributed by atoms with Crippen LogP contribution in [0.25, 0.3) is 28.1 Å². The van der Waals surface area contributed by atoms with Gasteiger partial charge in [-0.3, -0.25) is 0 Å². The summed E-state index contributed by atoms with van der Waals surface area (Å²) in [5, 5.41) is 10.3. The van der Waals surface area contributed by atoms with Crippen LogP contribution >= 0.6 is 0 Å². The van der Waals surface area contributed by atoms with Crippen LogP contribution in [0.1, 0.15) is 23.6 Å². The Balaban J connectivity index is 2.09. The third-order valence-electron chi connectivity index (χ3n) is 4.52. The quantitative estimate of drug-likeness (QED) is 0.694.